The summed E-state index contributed by atoms with van der Waals surface area (Å²) in [5, 5.41) is 6.17. The average Bonchev–Trinajstić information content (AvgIpc) is 2.89. The zero-order valence-corrected chi connectivity index (χ0v) is 10.8. The predicted octanol–water partition coefficient (Wildman–Crippen LogP) is 1.91. The van der Waals surface area contributed by atoms with Gasteiger partial charge in [0, 0.05) is 18.3 Å². The first-order valence-corrected chi connectivity index (χ1v) is 6.92. The summed E-state index contributed by atoms with van der Waals surface area (Å²) < 4.78 is 63.1. The summed E-state index contributed by atoms with van der Waals surface area (Å²) in [6, 6.07) is 3.29. The smallest absolute Gasteiger partial charge is 0.285 e. The highest BCUT2D eigenvalue weighted by Gasteiger charge is 2.30. The van der Waals surface area contributed by atoms with E-state index in [1.165, 1.54) is 12.4 Å². The van der Waals surface area contributed by atoms with Crippen LogP contribution in [-0.2, 0) is 22.7 Å². The Labute approximate surface area is 112 Å². The number of benzene rings is 1. The van der Waals surface area contributed by atoms with Gasteiger partial charge in [0.1, 0.15) is 0 Å². The van der Waals surface area contributed by atoms with Crippen LogP contribution in [0.15, 0.2) is 41.6 Å². The van der Waals surface area contributed by atoms with E-state index >= 15 is 0 Å². The molecule has 2 rings (SSSR count). The molecule has 2 aromatic rings. The van der Waals surface area contributed by atoms with Crippen molar-refractivity contribution >= 4 is 10.0 Å². The standard InChI is InChI=1S/C11H10F3N3O2S/c12-11(13,14)9-1-3-10(4-2-9)20(18,19)17-7-8-5-15-16-6-8/h1-6,17H,7H2,(H,15,16). The van der Waals surface area contributed by atoms with Gasteiger partial charge in [-0.2, -0.15) is 18.3 Å². The van der Waals surface area contributed by atoms with E-state index < -0.39 is 21.8 Å². The molecule has 0 atom stereocenters. The van der Waals surface area contributed by atoms with E-state index in [0.717, 1.165) is 24.3 Å². The fraction of sp³-hybridized carbons (Fsp3) is 0.182. The van der Waals surface area contributed by atoms with Crippen LogP contribution in [0.3, 0.4) is 0 Å². The maximum atomic E-state index is 12.4. The highest BCUT2D eigenvalue weighted by atomic mass is 32.2. The van der Waals surface area contributed by atoms with Crippen molar-refractivity contribution in [2.75, 3.05) is 0 Å². The van der Waals surface area contributed by atoms with E-state index in [-0.39, 0.29) is 11.4 Å². The van der Waals surface area contributed by atoms with Gasteiger partial charge in [-0.1, -0.05) is 0 Å². The van der Waals surface area contributed by atoms with Crippen LogP contribution in [0.25, 0.3) is 0 Å². The Balaban J connectivity index is 2.13. The molecular formula is C11H10F3N3O2S. The molecule has 0 unspecified atom stereocenters. The number of H-pyrrole nitrogens is 1. The average molecular weight is 305 g/mol. The first-order valence-electron chi connectivity index (χ1n) is 5.43. The van der Waals surface area contributed by atoms with Crippen molar-refractivity contribution in [2.24, 2.45) is 0 Å². The lowest BCUT2D eigenvalue weighted by Crippen LogP contribution is -2.23. The summed E-state index contributed by atoms with van der Waals surface area (Å²) in [7, 11) is -3.86. The molecule has 0 saturated carbocycles. The second kappa shape index (κ2) is 5.25. The Morgan fingerprint density at radius 2 is 1.85 bits per heavy atom. The molecule has 1 heterocycles. The molecule has 0 radical (unpaired) electrons. The van der Waals surface area contributed by atoms with Crippen molar-refractivity contribution in [1.29, 1.82) is 0 Å². The molecule has 0 fully saturated rings. The maximum absolute atomic E-state index is 12.4. The number of nitrogens with one attached hydrogen (secondary N) is 2. The van der Waals surface area contributed by atoms with Crippen molar-refractivity contribution in [2.45, 2.75) is 17.6 Å². The summed E-state index contributed by atoms with van der Waals surface area (Å²) in [4.78, 5) is -0.228. The van der Waals surface area contributed by atoms with Crippen molar-refractivity contribution in [1.82, 2.24) is 14.9 Å². The second-order valence-electron chi connectivity index (χ2n) is 3.95. The normalized spacial score (nSPS) is 12.6. The minimum absolute atomic E-state index is 0.000143. The number of aromatic amines is 1. The summed E-state index contributed by atoms with van der Waals surface area (Å²) in [5.74, 6) is 0. The predicted molar refractivity (Wildman–Crippen MR) is 64.1 cm³/mol. The van der Waals surface area contributed by atoms with E-state index in [1.807, 2.05) is 0 Å². The monoisotopic (exact) mass is 305 g/mol. The van der Waals surface area contributed by atoms with Crippen LogP contribution >= 0.6 is 0 Å². The molecule has 0 amide bonds. The zero-order chi connectivity index (χ0) is 14.8. The van der Waals surface area contributed by atoms with Gasteiger partial charge in [0.2, 0.25) is 10.0 Å². The van der Waals surface area contributed by atoms with Crippen molar-refractivity contribution in [3.8, 4) is 0 Å². The van der Waals surface area contributed by atoms with Gasteiger partial charge in [-0.05, 0) is 24.3 Å². The number of aromatic nitrogens is 2. The molecule has 108 valence electrons. The van der Waals surface area contributed by atoms with Gasteiger partial charge in [-0.25, -0.2) is 13.1 Å². The molecule has 0 aliphatic carbocycles. The number of halogens is 3. The van der Waals surface area contributed by atoms with E-state index in [2.05, 4.69) is 14.9 Å². The molecule has 0 saturated heterocycles. The van der Waals surface area contributed by atoms with Gasteiger partial charge >= 0.3 is 6.18 Å². The van der Waals surface area contributed by atoms with Crippen LogP contribution in [0, 0.1) is 0 Å². The summed E-state index contributed by atoms with van der Waals surface area (Å²) >= 11 is 0. The van der Waals surface area contributed by atoms with E-state index in [0.29, 0.717) is 5.56 Å². The molecule has 20 heavy (non-hydrogen) atoms. The van der Waals surface area contributed by atoms with Gasteiger partial charge in [0.15, 0.2) is 0 Å². The van der Waals surface area contributed by atoms with Gasteiger partial charge in [0.05, 0.1) is 16.7 Å². The summed E-state index contributed by atoms with van der Waals surface area (Å²) in [6.45, 7) is -0.000143. The minimum Gasteiger partial charge on any atom is -0.285 e. The third-order valence-electron chi connectivity index (χ3n) is 2.51. The number of hydrogen-bond donors (Lipinski definition) is 2. The Hall–Kier alpha value is -1.87. The largest absolute Gasteiger partial charge is 0.416 e. The topological polar surface area (TPSA) is 74.8 Å². The van der Waals surface area contributed by atoms with Crippen molar-refractivity contribution in [3.05, 3.63) is 47.8 Å². The molecule has 0 aliphatic heterocycles. The maximum Gasteiger partial charge on any atom is 0.416 e. The van der Waals surface area contributed by atoms with Crippen LogP contribution < -0.4 is 4.72 Å². The van der Waals surface area contributed by atoms with Gasteiger partial charge in [0.25, 0.3) is 0 Å². The third-order valence-corrected chi connectivity index (χ3v) is 3.93. The molecule has 2 N–H and O–H groups in total. The first kappa shape index (κ1) is 14.5. The van der Waals surface area contributed by atoms with Crippen LogP contribution in [0.2, 0.25) is 0 Å². The third kappa shape index (κ3) is 3.36. The fourth-order valence-electron chi connectivity index (χ4n) is 1.46. The van der Waals surface area contributed by atoms with E-state index in [9.17, 15) is 21.6 Å². The van der Waals surface area contributed by atoms with Gasteiger partial charge in [-0.3, -0.25) is 5.10 Å². The lowest BCUT2D eigenvalue weighted by Gasteiger charge is -2.08. The molecule has 9 heteroatoms. The Morgan fingerprint density at radius 3 is 2.35 bits per heavy atom. The van der Waals surface area contributed by atoms with Crippen LogP contribution in [0.4, 0.5) is 13.2 Å². The van der Waals surface area contributed by atoms with Crippen molar-refractivity contribution < 1.29 is 21.6 Å². The molecule has 0 spiro atoms. The Morgan fingerprint density at radius 1 is 1.20 bits per heavy atom. The summed E-state index contributed by atoms with van der Waals surface area (Å²) in [6.07, 6.45) is -1.54. The highest BCUT2D eigenvalue weighted by Crippen LogP contribution is 2.29. The SMILES string of the molecule is O=S(=O)(NCc1cn[nH]c1)c1ccc(C(F)(F)F)cc1. The minimum atomic E-state index is -4.49. The number of alkyl halides is 3. The molecule has 1 aromatic heterocycles. The lowest BCUT2D eigenvalue weighted by atomic mass is 10.2. The summed E-state index contributed by atoms with van der Waals surface area (Å²) in [5.41, 5.74) is -0.285. The number of sulfonamides is 1. The second-order valence-corrected chi connectivity index (χ2v) is 5.72. The number of nitrogens with zero attached hydrogens (tertiary/aromatic N) is 1. The van der Waals surface area contributed by atoms with Crippen LogP contribution in [0.1, 0.15) is 11.1 Å². The number of hydrogen-bond acceptors (Lipinski definition) is 3. The zero-order valence-electron chi connectivity index (χ0n) is 9.98. The van der Waals surface area contributed by atoms with Crippen LogP contribution in [0.5, 0.6) is 0 Å². The highest BCUT2D eigenvalue weighted by molar-refractivity contribution is 7.89. The van der Waals surface area contributed by atoms with Crippen LogP contribution in [-0.4, -0.2) is 18.6 Å². The quantitative estimate of drug-likeness (QED) is 0.906. The lowest BCUT2D eigenvalue weighted by molar-refractivity contribution is -0.137. The molecule has 5 nitrogen and oxygen atoms in total. The van der Waals surface area contributed by atoms with Gasteiger partial charge < -0.3 is 0 Å². The molecule has 1 aromatic carbocycles. The van der Waals surface area contributed by atoms with Crippen molar-refractivity contribution in [3.63, 3.8) is 0 Å². The molecule has 0 bridgehead atoms. The molecular weight excluding hydrogens is 295 g/mol. The van der Waals surface area contributed by atoms with E-state index in [4.69, 9.17) is 0 Å². The number of rotatable bonds is 4. The fourth-order valence-corrected chi connectivity index (χ4v) is 2.48. The molecule has 0 aliphatic rings. The first-order chi connectivity index (χ1) is 9.29. The van der Waals surface area contributed by atoms with Gasteiger partial charge in [-0.15, -0.1) is 0 Å². The Kier molecular flexibility index (Phi) is 3.82. The van der Waals surface area contributed by atoms with E-state index in [1.54, 1.807) is 0 Å². The Bertz CT molecular complexity index is 664.